The number of hydrogen-bond acceptors (Lipinski definition) is 5. The molecule has 1 atom stereocenters. The number of benzene rings is 3. The van der Waals surface area contributed by atoms with Gasteiger partial charge in [0.05, 0.1) is 6.10 Å². The summed E-state index contributed by atoms with van der Waals surface area (Å²) < 4.78 is 11.6. The van der Waals surface area contributed by atoms with Crippen molar-refractivity contribution in [3.8, 4) is 17.2 Å². The van der Waals surface area contributed by atoms with Crippen molar-refractivity contribution in [2.75, 3.05) is 5.32 Å². The molecule has 0 bridgehead atoms. The summed E-state index contributed by atoms with van der Waals surface area (Å²) in [5.41, 5.74) is 4.23. The van der Waals surface area contributed by atoms with Gasteiger partial charge in [0.2, 0.25) is 5.89 Å². The van der Waals surface area contributed by atoms with Crippen LogP contribution in [-0.4, -0.2) is 22.1 Å². The first-order valence-electron chi connectivity index (χ1n) is 10.9. The number of halogens is 1. The van der Waals surface area contributed by atoms with Crippen molar-refractivity contribution in [3.05, 3.63) is 76.8 Å². The first-order chi connectivity index (χ1) is 16.3. The van der Waals surface area contributed by atoms with Crippen LogP contribution >= 0.6 is 23.8 Å². The van der Waals surface area contributed by atoms with Gasteiger partial charge in [-0.1, -0.05) is 24.6 Å². The van der Waals surface area contributed by atoms with Crippen LogP contribution < -0.4 is 15.4 Å². The summed E-state index contributed by atoms with van der Waals surface area (Å²) in [4.78, 5) is 17.1. The maximum absolute atomic E-state index is 12.5. The molecular weight excluding hydrogens is 470 g/mol. The van der Waals surface area contributed by atoms with Crippen molar-refractivity contribution in [1.82, 2.24) is 10.3 Å². The van der Waals surface area contributed by atoms with Crippen molar-refractivity contribution >= 4 is 51.6 Å². The topological polar surface area (TPSA) is 76.4 Å². The molecule has 2 N–H and O–H groups in total. The van der Waals surface area contributed by atoms with E-state index < -0.39 is 0 Å². The lowest BCUT2D eigenvalue weighted by molar-refractivity contribution is 0.0977. The van der Waals surface area contributed by atoms with Crippen molar-refractivity contribution < 1.29 is 13.9 Å². The Hall–Kier alpha value is -3.42. The monoisotopic (exact) mass is 493 g/mol. The average Bonchev–Trinajstić information content (AvgIpc) is 3.24. The number of hydrogen-bond donors (Lipinski definition) is 2. The van der Waals surface area contributed by atoms with Gasteiger partial charge >= 0.3 is 0 Å². The van der Waals surface area contributed by atoms with E-state index in [-0.39, 0.29) is 17.1 Å². The zero-order valence-corrected chi connectivity index (χ0v) is 20.6. The number of carbonyl (C=O) groups is 1. The summed E-state index contributed by atoms with van der Waals surface area (Å²) in [6.07, 6.45) is 1.02. The molecule has 4 rings (SSSR count). The molecule has 174 valence electrons. The summed E-state index contributed by atoms with van der Waals surface area (Å²) in [7, 11) is 0. The molecule has 0 aliphatic carbocycles. The van der Waals surface area contributed by atoms with Gasteiger partial charge in [-0.3, -0.25) is 10.1 Å². The number of fused-ring (bicyclic) bond motifs is 1. The minimum atomic E-state index is -0.311. The predicted molar refractivity (Wildman–Crippen MR) is 140 cm³/mol. The molecule has 8 heteroatoms. The number of nitrogens with one attached hydrogen (secondary N) is 2. The van der Waals surface area contributed by atoms with E-state index in [1.807, 2.05) is 32.0 Å². The van der Waals surface area contributed by atoms with Gasteiger partial charge in [0.15, 0.2) is 10.7 Å². The summed E-state index contributed by atoms with van der Waals surface area (Å²) in [5.74, 6) is 0.888. The van der Waals surface area contributed by atoms with E-state index in [1.165, 1.54) is 0 Å². The lowest BCUT2D eigenvalue weighted by Gasteiger charge is -2.13. The van der Waals surface area contributed by atoms with Crippen LogP contribution in [0.3, 0.4) is 0 Å². The Morgan fingerprint density at radius 3 is 2.62 bits per heavy atom. The maximum Gasteiger partial charge on any atom is 0.257 e. The molecule has 34 heavy (non-hydrogen) atoms. The van der Waals surface area contributed by atoms with Crippen molar-refractivity contribution in [2.45, 2.75) is 33.3 Å². The number of rotatable bonds is 6. The summed E-state index contributed by atoms with van der Waals surface area (Å²) in [6, 6.07) is 18.0. The van der Waals surface area contributed by atoms with Crippen LogP contribution in [-0.2, 0) is 0 Å². The fraction of sp³-hybridized carbons (Fsp3) is 0.192. The van der Waals surface area contributed by atoms with Gasteiger partial charge in [-0.2, -0.15) is 0 Å². The van der Waals surface area contributed by atoms with Gasteiger partial charge in [-0.05, 0) is 92.6 Å². The van der Waals surface area contributed by atoms with E-state index in [1.54, 1.807) is 42.5 Å². The number of oxazole rings is 1. The second-order valence-corrected chi connectivity index (χ2v) is 8.75. The third kappa shape index (κ3) is 5.55. The normalized spacial score (nSPS) is 11.8. The second kappa shape index (κ2) is 10.2. The van der Waals surface area contributed by atoms with Gasteiger partial charge in [-0.25, -0.2) is 4.98 Å². The van der Waals surface area contributed by atoms with Crippen LogP contribution in [0.5, 0.6) is 5.75 Å². The summed E-state index contributed by atoms with van der Waals surface area (Å²) in [5, 5.41) is 6.54. The van der Waals surface area contributed by atoms with Crippen LogP contribution in [0, 0.1) is 6.92 Å². The molecule has 0 radical (unpaired) electrons. The largest absolute Gasteiger partial charge is 0.491 e. The lowest BCUT2D eigenvalue weighted by Crippen LogP contribution is -2.34. The van der Waals surface area contributed by atoms with E-state index in [9.17, 15) is 4.79 Å². The number of aryl methyl sites for hydroxylation is 1. The van der Waals surface area contributed by atoms with Crippen LogP contribution in [0.2, 0.25) is 5.02 Å². The molecule has 3 aromatic carbocycles. The summed E-state index contributed by atoms with van der Waals surface area (Å²) >= 11 is 11.5. The van der Waals surface area contributed by atoms with E-state index in [0.29, 0.717) is 33.3 Å². The molecule has 6 nitrogen and oxygen atoms in total. The fourth-order valence-corrected chi connectivity index (χ4v) is 3.58. The van der Waals surface area contributed by atoms with Gasteiger partial charge in [0.1, 0.15) is 11.3 Å². The van der Waals surface area contributed by atoms with Gasteiger partial charge < -0.3 is 14.5 Å². The highest BCUT2D eigenvalue weighted by Gasteiger charge is 2.12. The molecule has 0 spiro atoms. The number of ether oxygens (including phenoxy) is 1. The lowest BCUT2D eigenvalue weighted by atomic mass is 10.1. The number of carbonyl (C=O) groups excluding carboxylic acids is 1. The average molecular weight is 494 g/mol. The first kappa shape index (κ1) is 23.7. The highest BCUT2D eigenvalue weighted by molar-refractivity contribution is 7.80. The number of nitrogens with zero attached hydrogens (tertiary/aromatic N) is 1. The van der Waals surface area contributed by atoms with Crippen molar-refractivity contribution in [3.63, 3.8) is 0 Å². The SMILES string of the molecule is CCC(C)Oc1ccc(C(=O)NC(=S)Nc2ccc3oc(-c4ccc(C)c(Cl)c4)nc3c2)cc1. The Bertz CT molecular complexity index is 1350. The van der Waals surface area contributed by atoms with Gasteiger partial charge in [0, 0.05) is 21.8 Å². The molecule has 0 fully saturated rings. The van der Waals surface area contributed by atoms with Gasteiger partial charge in [-0.15, -0.1) is 0 Å². The number of amides is 1. The highest BCUT2D eigenvalue weighted by atomic mass is 35.5. The quantitative estimate of drug-likeness (QED) is 0.289. The third-order valence-corrected chi connectivity index (χ3v) is 5.93. The smallest absolute Gasteiger partial charge is 0.257 e. The molecule has 1 unspecified atom stereocenters. The van der Waals surface area contributed by atoms with Crippen LogP contribution in [0.15, 0.2) is 65.1 Å². The minimum Gasteiger partial charge on any atom is -0.491 e. The number of aromatic nitrogens is 1. The minimum absolute atomic E-state index is 0.115. The molecule has 0 aliphatic rings. The van der Waals surface area contributed by atoms with Crippen LogP contribution in [0.4, 0.5) is 5.69 Å². The number of thiocarbonyl (C=S) groups is 1. The predicted octanol–water partition coefficient (Wildman–Crippen LogP) is 6.76. The molecule has 1 aromatic heterocycles. The van der Waals surface area contributed by atoms with Crippen molar-refractivity contribution in [1.29, 1.82) is 0 Å². The first-order valence-corrected chi connectivity index (χ1v) is 11.7. The Balaban J connectivity index is 1.41. The molecular formula is C26H24ClN3O3S. The molecule has 0 saturated heterocycles. The molecule has 1 heterocycles. The zero-order valence-electron chi connectivity index (χ0n) is 19.0. The molecule has 4 aromatic rings. The maximum atomic E-state index is 12.5. The molecule has 1 amide bonds. The number of anilines is 1. The van der Waals surface area contributed by atoms with Crippen LogP contribution in [0.25, 0.3) is 22.6 Å². The molecule has 0 aliphatic heterocycles. The summed E-state index contributed by atoms with van der Waals surface area (Å²) in [6.45, 7) is 6.00. The Labute approximate surface area is 208 Å². The Kier molecular flexibility index (Phi) is 7.14. The Morgan fingerprint density at radius 2 is 1.91 bits per heavy atom. The van der Waals surface area contributed by atoms with E-state index >= 15 is 0 Å². The van der Waals surface area contributed by atoms with E-state index in [4.69, 9.17) is 33.0 Å². The standard InChI is InChI=1S/C26H24ClN3O3S/c1-4-16(3)32-20-10-7-17(8-11-20)24(31)30-26(34)28-19-9-12-23-22(14-19)29-25(33-23)18-6-5-15(2)21(27)13-18/h5-14,16H,4H2,1-3H3,(H2,28,30,31,34). The van der Waals surface area contributed by atoms with Crippen molar-refractivity contribution in [2.24, 2.45) is 0 Å². The van der Waals surface area contributed by atoms with E-state index in [0.717, 1.165) is 23.3 Å². The third-order valence-electron chi connectivity index (χ3n) is 5.32. The highest BCUT2D eigenvalue weighted by Crippen LogP contribution is 2.29. The second-order valence-electron chi connectivity index (χ2n) is 7.93. The zero-order chi connectivity index (χ0) is 24.2. The fourth-order valence-electron chi connectivity index (χ4n) is 3.19. The van der Waals surface area contributed by atoms with E-state index in [2.05, 4.69) is 22.5 Å². The van der Waals surface area contributed by atoms with Crippen LogP contribution in [0.1, 0.15) is 36.2 Å². The Morgan fingerprint density at radius 1 is 1.15 bits per heavy atom. The van der Waals surface area contributed by atoms with Gasteiger partial charge in [0.25, 0.3) is 5.91 Å². The molecule has 0 saturated carbocycles.